The summed E-state index contributed by atoms with van der Waals surface area (Å²) < 4.78 is 6.39. The Morgan fingerprint density at radius 1 is 1.18 bits per heavy atom. The van der Waals surface area contributed by atoms with E-state index in [-0.39, 0.29) is 28.9 Å². The lowest BCUT2D eigenvalue weighted by molar-refractivity contribution is -0.135. The monoisotopic (exact) mass is 382 g/mol. The largest absolute Gasteiger partial charge is 0.373 e. The molecule has 4 fully saturated rings. The molecule has 2 aliphatic carbocycles. The number of carbonyl (C=O) groups excluding carboxylic acids is 1. The lowest BCUT2D eigenvalue weighted by Crippen LogP contribution is -2.58. The summed E-state index contributed by atoms with van der Waals surface area (Å²) >= 11 is 0. The zero-order valence-electron chi connectivity index (χ0n) is 17.5. The number of nitrogens with one attached hydrogen (secondary N) is 1. The lowest BCUT2D eigenvalue weighted by atomic mass is 9.59. The summed E-state index contributed by atoms with van der Waals surface area (Å²) in [6.45, 7) is 9.55. The fourth-order valence-corrected chi connectivity index (χ4v) is 7.17. The maximum Gasteiger partial charge on any atom is 0.217 e. The number of ether oxygens (including phenoxy) is 1. The Balaban J connectivity index is 1.43. The topological polar surface area (TPSA) is 41.6 Å². The highest BCUT2D eigenvalue weighted by Crippen LogP contribution is 2.70. The van der Waals surface area contributed by atoms with Crippen LogP contribution in [0.15, 0.2) is 24.3 Å². The molecule has 2 heterocycles. The number of fused-ring (bicyclic) bond motifs is 1. The van der Waals surface area contributed by atoms with Gasteiger partial charge in [-0.1, -0.05) is 26.0 Å². The van der Waals surface area contributed by atoms with Crippen LogP contribution < -0.4 is 10.2 Å². The molecular formula is C24H34N2O2. The summed E-state index contributed by atoms with van der Waals surface area (Å²) in [5, 5.41) is 3.37. The molecule has 5 atom stereocenters. The van der Waals surface area contributed by atoms with E-state index in [1.165, 1.54) is 50.0 Å². The van der Waals surface area contributed by atoms with Crippen molar-refractivity contribution in [2.24, 2.45) is 22.7 Å². The number of hydrogen-bond acceptors (Lipinski definition) is 3. The molecule has 1 amide bonds. The first-order chi connectivity index (χ1) is 13.4. The number of rotatable bonds is 3. The van der Waals surface area contributed by atoms with Crippen LogP contribution in [0.2, 0.25) is 0 Å². The molecule has 28 heavy (non-hydrogen) atoms. The third-order valence-corrected chi connectivity index (χ3v) is 8.55. The third-order valence-electron chi connectivity index (χ3n) is 8.55. The predicted octanol–water partition coefficient (Wildman–Crippen LogP) is 4.31. The summed E-state index contributed by atoms with van der Waals surface area (Å²) in [6, 6.07) is 9.42. The van der Waals surface area contributed by atoms with Crippen LogP contribution >= 0.6 is 0 Å². The Kier molecular flexibility index (Phi) is 4.28. The number of carbonyl (C=O) groups is 1. The minimum atomic E-state index is 0.108. The molecule has 1 aromatic rings. The van der Waals surface area contributed by atoms with Crippen molar-refractivity contribution in [2.45, 2.75) is 65.0 Å². The van der Waals surface area contributed by atoms with Gasteiger partial charge in [0, 0.05) is 38.3 Å². The Bertz CT molecular complexity index is 752. The maximum atomic E-state index is 12.0. The molecule has 2 aliphatic heterocycles. The van der Waals surface area contributed by atoms with Crippen LogP contribution in [-0.4, -0.2) is 31.6 Å². The summed E-state index contributed by atoms with van der Waals surface area (Å²) in [7, 11) is 0. The Labute approximate surface area is 169 Å². The Morgan fingerprint density at radius 3 is 2.57 bits per heavy atom. The highest BCUT2D eigenvalue weighted by molar-refractivity contribution is 5.73. The smallest absolute Gasteiger partial charge is 0.217 e. The van der Waals surface area contributed by atoms with Gasteiger partial charge in [0.05, 0.1) is 6.10 Å². The van der Waals surface area contributed by atoms with Gasteiger partial charge in [-0.25, -0.2) is 0 Å². The van der Waals surface area contributed by atoms with E-state index in [2.05, 4.69) is 48.3 Å². The van der Waals surface area contributed by atoms with Crippen LogP contribution in [0.1, 0.15) is 64.5 Å². The minimum absolute atomic E-state index is 0.108. The zero-order chi connectivity index (χ0) is 19.5. The van der Waals surface area contributed by atoms with Gasteiger partial charge in [0.25, 0.3) is 0 Å². The fraction of sp³-hybridized carbons (Fsp3) is 0.708. The third kappa shape index (κ3) is 2.63. The van der Waals surface area contributed by atoms with Gasteiger partial charge in [-0.05, 0) is 72.5 Å². The molecule has 1 unspecified atom stereocenters. The van der Waals surface area contributed by atoms with Gasteiger partial charge in [-0.15, -0.1) is 0 Å². The molecule has 2 saturated heterocycles. The molecule has 4 aliphatic rings. The van der Waals surface area contributed by atoms with Gasteiger partial charge in [0.15, 0.2) is 0 Å². The molecule has 1 aromatic carbocycles. The van der Waals surface area contributed by atoms with Crippen molar-refractivity contribution < 1.29 is 9.53 Å². The summed E-state index contributed by atoms with van der Waals surface area (Å²) in [5.41, 5.74) is 3.02. The number of benzene rings is 1. The van der Waals surface area contributed by atoms with Crippen molar-refractivity contribution in [3.8, 4) is 0 Å². The van der Waals surface area contributed by atoms with Gasteiger partial charge in [0.1, 0.15) is 0 Å². The molecule has 0 aromatic heterocycles. The summed E-state index contributed by atoms with van der Waals surface area (Å²) in [6.07, 6.45) is 6.31. The Morgan fingerprint density at radius 2 is 1.89 bits per heavy atom. The van der Waals surface area contributed by atoms with Crippen molar-refractivity contribution in [2.75, 3.05) is 24.6 Å². The number of nitrogens with zero attached hydrogens (tertiary/aromatic N) is 1. The van der Waals surface area contributed by atoms with Crippen molar-refractivity contribution in [3.05, 3.63) is 29.8 Å². The van der Waals surface area contributed by atoms with E-state index in [1.807, 2.05) is 0 Å². The van der Waals surface area contributed by atoms with E-state index in [9.17, 15) is 4.79 Å². The first-order valence-corrected chi connectivity index (χ1v) is 11.2. The number of amides is 1. The maximum absolute atomic E-state index is 12.0. The van der Waals surface area contributed by atoms with Crippen LogP contribution in [0.5, 0.6) is 0 Å². The van der Waals surface area contributed by atoms with Gasteiger partial charge in [-0.3, -0.25) is 4.79 Å². The standard InChI is InChI=1S/C24H34N2O2/c1-16(27)25-22-23(2,3)18-14-20-21(28-13-10-24(20,22)15-18)17-6-8-19(9-7-17)26-11-4-5-12-26/h6-9,18,20-22H,4-5,10-15H2,1-3H3,(H,25,27)/t18-,20-,21-,22+,24?/m1/s1. The van der Waals surface area contributed by atoms with E-state index in [0.29, 0.717) is 11.8 Å². The first kappa shape index (κ1) is 18.5. The lowest BCUT2D eigenvalue weighted by Gasteiger charge is -2.53. The van der Waals surface area contributed by atoms with E-state index >= 15 is 0 Å². The number of anilines is 1. The van der Waals surface area contributed by atoms with Crippen molar-refractivity contribution in [1.82, 2.24) is 5.32 Å². The quantitative estimate of drug-likeness (QED) is 0.847. The molecule has 4 heteroatoms. The average Bonchev–Trinajstić information content (AvgIpc) is 3.37. The molecule has 0 radical (unpaired) electrons. The van der Waals surface area contributed by atoms with E-state index in [1.54, 1.807) is 6.92 Å². The summed E-state index contributed by atoms with van der Waals surface area (Å²) in [5.74, 6) is 1.29. The molecule has 2 bridgehead atoms. The van der Waals surface area contributed by atoms with E-state index in [4.69, 9.17) is 4.74 Å². The van der Waals surface area contributed by atoms with Gasteiger partial charge >= 0.3 is 0 Å². The summed E-state index contributed by atoms with van der Waals surface area (Å²) in [4.78, 5) is 14.5. The van der Waals surface area contributed by atoms with Crippen LogP contribution in [0, 0.1) is 22.7 Å². The normalized spacial score (nSPS) is 38.5. The predicted molar refractivity (Wildman–Crippen MR) is 111 cm³/mol. The van der Waals surface area contributed by atoms with E-state index in [0.717, 1.165) is 13.0 Å². The average molecular weight is 383 g/mol. The highest BCUT2D eigenvalue weighted by atomic mass is 16.5. The second-order valence-corrected chi connectivity index (χ2v) is 10.3. The second-order valence-electron chi connectivity index (χ2n) is 10.3. The molecular weight excluding hydrogens is 348 g/mol. The van der Waals surface area contributed by atoms with E-state index < -0.39 is 0 Å². The Hall–Kier alpha value is -1.55. The van der Waals surface area contributed by atoms with Gasteiger partial charge < -0.3 is 15.0 Å². The van der Waals surface area contributed by atoms with Gasteiger partial charge in [0.2, 0.25) is 5.91 Å². The molecule has 1 spiro atoms. The second kappa shape index (κ2) is 6.48. The van der Waals surface area contributed by atoms with Crippen molar-refractivity contribution in [1.29, 1.82) is 0 Å². The van der Waals surface area contributed by atoms with Crippen molar-refractivity contribution >= 4 is 11.6 Å². The van der Waals surface area contributed by atoms with Crippen molar-refractivity contribution in [3.63, 3.8) is 0 Å². The molecule has 2 saturated carbocycles. The van der Waals surface area contributed by atoms with Crippen LogP contribution in [0.25, 0.3) is 0 Å². The molecule has 1 N–H and O–H groups in total. The van der Waals surface area contributed by atoms with Gasteiger partial charge in [-0.2, -0.15) is 0 Å². The zero-order valence-corrected chi connectivity index (χ0v) is 17.5. The first-order valence-electron chi connectivity index (χ1n) is 11.2. The van der Waals surface area contributed by atoms with Crippen LogP contribution in [0.4, 0.5) is 5.69 Å². The van der Waals surface area contributed by atoms with Crippen LogP contribution in [-0.2, 0) is 9.53 Å². The minimum Gasteiger partial charge on any atom is -0.373 e. The molecule has 5 rings (SSSR count). The number of hydrogen-bond donors (Lipinski definition) is 1. The molecule has 152 valence electrons. The van der Waals surface area contributed by atoms with Crippen LogP contribution in [0.3, 0.4) is 0 Å². The SMILES string of the molecule is CC(=O)N[C@H]1C(C)(C)[C@@H]2C[C@@H]3[C@@H](c4ccc(N5CCCC5)cc4)OCCC31C2. The fourth-order valence-electron chi connectivity index (χ4n) is 7.17. The highest BCUT2D eigenvalue weighted by Gasteiger charge is 2.68. The molecule has 4 nitrogen and oxygen atoms in total.